The number of halogens is 1. The van der Waals surface area contributed by atoms with Gasteiger partial charge in [0, 0.05) is 29.4 Å². The molecule has 2 aliphatic heterocycles. The van der Waals surface area contributed by atoms with Crippen LogP contribution in [-0.2, 0) is 23.2 Å². The lowest BCUT2D eigenvalue weighted by Gasteiger charge is -2.40. The molecule has 0 bridgehead atoms. The normalized spacial score (nSPS) is 19.9. The number of benzene rings is 2. The number of aryl methyl sites for hydroxylation is 1. The van der Waals surface area contributed by atoms with E-state index in [-0.39, 0.29) is 5.91 Å². The number of aliphatic hydroxyl groups is 2. The number of carbonyl (C=O) groups is 1. The fraction of sp³-hybridized carbons (Fsp3) is 0.409. The average Bonchev–Trinajstić information content (AvgIpc) is 3.10. The van der Waals surface area contributed by atoms with Crippen molar-refractivity contribution in [2.75, 3.05) is 18.4 Å². The summed E-state index contributed by atoms with van der Waals surface area (Å²) in [6.07, 6.45) is 2.13. The lowest BCUT2D eigenvalue weighted by Crippen LogP contribution is -2.47. The second-order valence-electron chi connectivity index (χ2n) is 7.74. The summed E-state index contributed by atoms with van der Waals surface area (Å²) in [5.41, 5.74) is 2.71. The van der Waals surface area contributed by atoms with Crippen LogP contribution in [-0.4, -0.2) is 40.3 Å². The Hall–Kier alpha value is -1.92. The van der Waals surface area contributed by atoms with E-state index in [1.54, 1.807) is 0 Å². The van der Waals surface area contributed by atoms with Crippen LogP contribution in [0.5, 0.6) is 0 Å². The van der Waals surface area contributed by atoms with E-state index in [2.05, 4.69) is 5.32 Å². The van der Waals surface area contributed by atoms with Gasteiger partial charge in [-0.2, -0.15) is 0 Å². The molecule has 28 heavy (non-hydrogen) atoms. The van der Waals surface area contributed by atoms with Crippen LogP contribution in [0.15, 0.2) is 42.5 Å². The molecule has 5 nitrogen and oxygen atoms in total. The molecule has 0 spiro atoms. The number of hydrogen-bond acceptors (Lipinski definition) is 4. The summed E-state index contributed by atoms with van der Waals surface area (Å²) in [4.78, 5) is 13.6. The minimum absolute atomic E-state index is 0.0340. The quantitative estimate of drug-likeness (QED) is 0.721. The van der Waals surface area contributed by atoms with Gasteiger partial charge in [-0.05, 0) is 42.9 Å². The second-order valence-corrected chi connectivity index (χ2v) is 8.12. The average molecular weight is 401 g/mol. The van der Waals surface area contributed by atoms with Crippen LogP contribution in [0, 0.1) is 0 Å². The van der Waals surface area contributed by atoms with Gasteiger partial charge in [-0.3, -0.25) is 9.69 Å². The number of hydrogen-bond donors (Lipinski definition) is 3. The topological polar surface area (TPSA) is 72.8 Å². The molecule has 1 atom stereocenters. The van der Waals surface area contributed by atoms with E-state index in [9.17, 15) is 15.0 Å². The van der Waals surface area contributed by atoms with Gasteiger partial charge in [0.1, 0.15) is 6.23 Å². The molecule has 1 saturated heterocycles. The first kappa shape index (κ1) is 19.4. The molecule has 0 radical (unpaired) electrons. The maximum Gasteiger partial charge on any atom is 0.228 e. The van der Waals surface area contributed by atoms with Crippen LogP contribution in [0.1, 0.15) is 36.0 Å². The van der Waals surface area contributed by atoms with Crippen LogP contribution in [0.25, 0.3) is 0 Å². The summed E-state index contributed by atoms with van der Waals surface area (Å²) in [6, 6.07) is 13.6. The van der Waals surface area contributed by atoms with Crippen LogP contribution in [0.4, 0.5) is 5.69 Å². The van der Waals surface area contributed by atoms with Gasteiger partial charge in [0.05, 0.1) is 12.0 Å². The first-order valence-corrected chi connectivity index (χ1v) is 10.1. The molecule has 1 unspecified atom stereocenters. The molecule has 0 saturated carbocycles. The molecule has 6 heteroatoms. The van der Waals surface area contributed by atoms with E-state index >= 15 is 0 Å². The Morgan fingerprint density at radius 3 is 2.57 bits per heavy atom. The summed E-state index contributed by atoms with van der Waals surface area (Å²) in [6.45, 7) is 1.28. The number of nitrogens with one attached hydrogen (secondary N) is 1. The van der Waals surface area contributed by atoms with Gasteiger partial charge < -0.3 is 15.5 Å². The van der Waals surface area contributed by atoms with Crippen molar-refractivity contribution < 1.29 is 15.0 Å². The zero-order valence-corrected chi connectivity index (χ0v) is 16.5. The number of carbonyl (C=O) groups excluding carboxylic acids is 1. The highest BCUT2D eigenvalue weighted by molar-refractivity contribution is 6.33. The fourth-order valence-corrected chi connectivity index (χ4v) is 4.53. The molecule has 0 aliphatic carbocycles. The maximum atomic E-state index is 11.6. The van der Waals surface area contributed by atoms with Crippen LogP contribution >= 0.6 is 11.6 Å². The van der Waals surface area contributed by atoms with Gasteiger partial charge in [-0.25, -0.2) is 0 Å². The number of nitrogens with zero attached hydrogens (tertiary/aromatic N) is 1. The third kappa shape index (κ3) is 3.80. The van der Waals surface area contributed by atoms with Crippen LogP contribution in [0.2, 0.25) is 5.02 Å². The highest BCUT2D eigenvalue weighted by atomic mass is 35.5. The Morgan fingerprint density at radius 2 is 1.86 bits per heavy atom. The summed E-state index contributed by atoms with van der Waals surface area (Å²) in [7, 11) is 0. The first-order chi connectivity index (χ1) is 13.5. The largest absolute Gasteiger partial charge is 0.385 e. The number of fused-ring (bicyclic) bond motifs is 1. The molecular weight excluding hydrogens is 376 g/mol. The van der Waals surface area contributed by atoms with Gasteiger partial charge in [-0.15, -0.1) is 0 Å². The van der Waals surface area contributed by atoms with Crippen molar-refractivity contribution in [1.82, 2.24) is 4.90 Å². The van der Waals surface area contributed by atoms with Gasteiger partial charge in [0.15, 0.2) is 0 Å². The van der Waals surface area contributed by atoms with Crippen LogP contribution < -0.4 is 5.32 Å². The SMILES string of the molecule is O=C1Cc2c(ccc(CCC(O)N3CCC(O)(c4ccccc4)CC3)c2Cl)N1. The molecule has 2 aromatic carbocycles. The Balaban J connectivity index is 1.34. The van der Waals surface area contributed by atoms with Crippen molar-refractivity contribution in [3.05, 3.63) is 64.2 Å². The highest BCUT2D eigenvalue weighted by Crippen LogP contribution is 2.35. The molecule has 1 fully saturated rings. The molecule has 148 valence electrons. The van der Waals surface area contributed by atoms with E-state index in [1.807, 2.05) is 47.4 Å². The summed E-state index contributed by atoms with van der Waals surface area (Å²) in [5.74, 6) is -0.0340. The fourth-order valence-electron chi connectivity index (χ4n) is 4.20. The van der Waals surface area contributed by atoms with Gasteiger partial charge in [0.2, 0.25) is 5.91 Å². The highest BCUT2D eigenvalue weighted by Gasteiger charge is 2.35. The summed E-state index contributed by atoms with van der Waals surface area (Å²) in [5, 5.41) is 25.0. The zero-order chi connectivity index (χ0) is 19.7. The van der Waals surface area contributed by atoms with Crippen molar-refractivity contribution in [2.24, 2.45) is 0 Å². The summed E-state index contributed by atoms with van der Waals surface area (Å²) < 4.78 is 0. The smallest absolute Gasteiger partial charge is 0.228 e. The molecule has 2 aliphatic rings. The Labute approximate surface area is 169 Å². The lowest BCUT2D eigenvalue weighted by molar-refractivity contribution is -0.115. The maximum absolute atomic E-state index is 11.6. The molecule has 2 heterocycles. The Morgan fingerprint density at radius 1 is 1.14 bits per heavy atom. The minimum atomic E-state index is -0.819. The van der Waals surface area contributed by atoms with Gasteiger partial charge in [-0.1, -0.05) is 48.0 Å². The lowest BCUT2D eigenvalue weighted by atomic mass is 9.84. The number of rotatable bonds is 5. The summed E-state index contributed by atoms with van der Waals surface area (Å²) >= 11 is 6.47. The van der Waals surface area contributed by atoms with Crippen LogP contribution in [0.3, 0.4) is 0 Å². The predicted octanol–water partition coefficient (Wildman–Crippen LogP) is 3.07. The van der Waals surface area contributed by atoms with E-state index in [0.29, 0.717) is 50.2 Å². The van der Waals surface area contributed by atoms with E-state index < -0.39 is 11.8 Å². The number of likely N-dealkylation sites (tertiary alicyclic amines) is 1. The van der Waals surface area contributed by atoms with Crippen molar-refractivity contribution in [1.29, 1.82) is 0 Å². The third-order valence-corrected chi connectivity index (χ3v) is 6.44. The number of amides is 1. The van der Waals surface area contributed by atoms with E-state index in [0.717, 1.165) is 22.4 Å². The molecule has 1 amide bonds. The standard InChI is InChI=1S/C22H25ClN2O3/c23-21-15(6-8-18-17(21)14-19(26)24-18)7-9-20(27)25-12-10-22(28,11-13-25)16-4-2-1-3-5-16/h1-6,8,20,27-28H,7,9-14H2,(H,24,26). The predicted molar refractivity (Wildman–Crippen MR) is 109 cm³/mol. The monoisotopic (exact) mass is 400 g/mol. The molecule has 3 N–H and O–H groups in total. The number of piperidine rings is 1. The minimum Gasteiger partial charge on any atom is -0.385 e. The van der Waals surface area contributed by atoms with Gasteiger partial charge in [0.25, 0.3) is 0 Å². The third-order valence-electron chi connectivity index (χ3n) is 5.96. The van der Waals surface area contributed by atoms with Crippen molar-refractivity contribution in [2.45, 2.75) is 43.9 Å². The number of aliphatic hydroxyl groups excluding tert-OH is 1. The zero-order valence-electron chi connectivity index (χ0n) is 15.7. The van der Waals surface area contributed by atoms with Crippen molar-refractivity contribution in [3.8, 4) is 0 Å². The number of anilines is 1. The van der Waals surface area contributed by atoms with Crippen molar-refractivity contribution >= 4 is 23.2 Å². The molecular formula is C22H25ClN2O3. The molecule has 2 aromatic rings. The second kappa shape index (κ2) is 7.84. The van der Waals surface area contributed by atoms with Gasteiger partial charge >= 0.3 is 0 Å². The van der Waals surface area contributed by atoms with E-state index in [4.69, 9.17) is 11.6 Å². The Bertz CT molecular complexity index is 864. The Kier molecular flexibility index (Phi) is 5.43. The van der Waals surface area contributed by atoms with E-state index in [1.165, 1.54) is 0 Å². The van der Waals surface area contributed by atoms with Crippen molar-refractivity contribution in [3.63, 3.8) is 0 Å². The first-order valence-electron chi connectivity index (χ1n) is 9.76. The molecule has 4 rings (SSSR count). The molecule has 0 aromatic heterocycles.